The molecule has 0 spiro atoms. The number of carbonyl (C=O) groups is 3. The van der Waals surface area contributed by atoms with Crippen molar-refractivity contribution in [2.45, 2.75) is 113 Å². The molecule has 0 saturated heterocycles. The normalized spacial score (nSPS) is 13.4. The van der Waals surface area contributed by atoms with Crippen LogP contribution in [0.25, 0.3) is 0 Å². The van der Waals surface area contributed by atoms with Gasteiger partial charge in [0.2, 0.25) is 0 Å². The molecule has 0 aliphatic carbocycles. The lowest BCUT2D eigenvalue weighted by molar-refractivity contribution is -0.167. The predicted octanol–water partition coefficient (Wildman–Crippen LogP) is 6.71. The van der Waals surface area contributed by atoms with Crippen LogP contribution in [0.3, 0.4) is 0 Å². The van der Waals surface area contributed by atoms with E-state index in [-0.39, 0.29) is 24.5 Å². The van der Waals surface area contributed by atoms with Crippen LogP contribution in [0.2, 0.25) is 0 Å². The summed E-state index contributed by atoms with van der Waals surface area (Å²) in [5, 5.41) is 0. The fourth-order valence-electron chi connectivity index (χ4n) is 3.73. The average molecular weight is 475 g/mol. The summed E-state index contributed by atoms with van der Waals surface area (Å²) < 4.78 is 20.5. The maximum absolute atomic E-state index is 12.6. The second-order valence-electron chi connectivity index (χ2n) is 9.00. The van der Waals surface area contributed by atoms with E-state index in [0.717, 1.165) is 19.3 Å². The Bertz CT molecular complexity index is 531. The molecule has 0 N–H and O–H groups in total. The highest BCUT2D eigenvalue weighted by molar-refractivity contribution is 5.78. The molecule has 2 unspecified atom stereocenters. The lowest BCUT2D eigenvalue weighted by Crippen LogP contribution is -2.46. The molecule has 33 heavy (non-hydrogen) atoms. The topological polar surface area (TPSA) is 88.1 Å². The van der Waals surface area contributed by atoms with Gasteiger partial charge < -0.3 is 18.9 Å². The Morgan fingerprint density at radius 3 is 1.76 bits per heavy atom. The number of carbonyl (C=O) groups excluding carboxylic acids is 3. The first kappa shape index (κ1) is 33.4. The van der Waals surface area contributed by atoms with Crippen LogP contribution in [0.15, 0.2) is 0 Å². The Labute approximate surface area is 202 Å². The van der Waals surface area contributed by atoms with Crippen LogP contribution in [0, 0.1) is 17.3 Å². The molecular weight excluding hydrogens is 424 g/mol. The third-order valence-corrected chi connectivity index (χ3v) is 5.22. The Balaban J connectivity index is 0. The van der Waals surface area contributed by atoms with Gasteiger partial charge >= 0.3 is 18.1 Å². The summed E-state index contributed by atoms with van der Waals surface area (Å²) in [6.45, 7) is 18.8. The molecule has 7 heteroatoms. The molecule has 0 heterocycles. The molecule has 0 rings (SSSR count). The summed E-state index contributed by atoms with van der Waals surface area (Å²) in [6, 6.07) is 0. The maximum atomic E-state index is 12.6. The fourth-order valence-corrected chi connectivity index (χ4v) is 3.73. The minimum Gasteiger partial charge on any atom is -0.466 e. The quantitative estimate of drug-likeness (QED) is 0.192. The van der Waals surface area contributed by atoms with Gasteiger partial charge in [0.1, 0.15) is 11.5 Å². The van der Waals surface area contributed by atoms with Crippen LogP contribution in [-0.4, -0.2) is 44.0 Å². The second-order valence-corrected chi connectivity index (χ2v) is 9.00. The van der Waals surface area contributed by atoms with Crippen LogP contribution < -0.4 is 0 Å². The molecule has 0 saturated carbocycles. The zero-order chi connectivity index (χ0) is 25.9. The van der Waals surface area contributed by atoms with Gasteiger partial charge in [0.15, 0.2) is 0 Å². The monoisotopic (exact) mass is 474 g/mol. The van der Waals surface area contributed by atoms with Crippen molar-refractivity contribution < 1.29 is 33.3 Å². The molecule has 0 amide bonds. The highest BCUT2D eigenvalue weighted by Crippen LogP contribution is 2.39. The van der Waals surface area contributed by atoms with E-state index in [9.17, 15) is 14.4 Å². The first-order valence-corrected chi connectivity index (χ1v) is 12.7. The molecule has 0 aliphatic rings. The van der Waals surface area contributed by atoms with E-state index in [1.807, 2.05) is 20.8 Å². The number of rotatable bonds is 15. The molecule has 0 aromatic rings. The van der Waals surface area contributed by atoms with E-state index >= 15 is 0 Å². The van der Waals surface area contributed by atoms with Gasteiger partial charge in [-0.15, -0.1) is 0 Å². The van der Waals surface area contributed by atoms with Crippen molar-refractivity contribution in [2.24, 2.45) is 17.3 Å². The largest absolute Gasteiger partial charge is 0.508 e. The molecule has 0 bridgehead atoms. The molecule has 0 aliphatic heterocycles. The van der Waals surface area contributed by atoms with Crippen LogP contribution in [0.5, 0.6) is 0 Å². The predicted molar refractivity (Wildman–Crippen MR) is 131 cm³/mol. The lowest BCUT2D eigenvalue weighted by atomic mass is 9.72. The summed E-state index contributed by atoms with van der Waals surface area (Å²) in [5.74, 6) is 0.626. The third kappa shape index (κ3) is 14.9. The van der Waals surface area contributed by atoms with Gasteiger partial charge in [-0.05, 0) is 58.3 Å². The van der Waals surface area contributed by atoms with Crippen molar-refractivity contribution in [1.82, 2.24) is 0 Å². The number of esters is 2. The molecular formula is C26H50O7. The standard InChI is InChI=1S/C17H32O5.C9H18O2/c1-7-11-14(22-16(19)21-10-4)17(8-2,12-13(5)6)15(18)20-9-3;1-4-11-9(10)7-5-6-8(2)3/h13-14H,7-12H2,1-6H3;8H,4-7H2,1-3H3. The van der Waals surface area contributed by atoms with Gasteiger partial charge in [0.05, 0.1) is 19.8 Å². The van der Waals surface area contributed by atoms with E-state index in [1.54, 1.807) is 13.8 Å². The molecule has 0 fully saturated rings. The van der Waals surface area contributed by atoms with Crippen LogP contribution in [-0.2, 0) is 28.5 Å². The first-order valence-electron chi connectivity index (χ1n) is 12.7. The molecule has 196 valence electrons. The van der Waals surface area contributed by atoms with Gasteiger partial charge in [0, 0.05) is 6.42 Å². The van der Waals surface area contributed by atoms with Crippen LogP contribution >= 0.6 is 0 Å². The van der Waals surface area contributed by atoms with Crippen molar-refractivity contribution in [2.75, 3.05) is 19.8 Å². The third-order valence-electron chi connectivity index (χ3n) is 5.22. The van der Waals surface area contributed by atoms with E-state index in [1.165, 1.54) is 0 Å². The van der Waals surface area contributed by atoms with Gasteiger partial charge in [0.25, 0.3) is 0 Å². The smallest absolute Gasteiger partial charge is 0.466 e. The first-order chi connectivity index (χ1) is 15.5. The van der Waals surface area contributed by atoms with Crippen molar-refractivity contribution in [3.05, 3.63) is 0 Å². The van der Waals surface area contributed by atoms with E-state index < -0.39 is 17.7 Å². The van der Waals surface area contributed by atoms with Gasteiger partial charge in [-0.2, -0.15) is 0 Å². The SMILES string of the molecule is CCCC(OC(=O)OCC)C(CC)(CC(C)C)C(=O)OCC.CCOC(=O)CCCC(C)C. The average Bonchev–Trinajstić information content (AvgIpc) is 2.72. The summed E-state index contributed by atoms with van der Waals surface area (Å²) >= 11 is 0. The summed E-state index contributed by atoms with van der Waals surface area (Å²) in [4.78, 5) is 35.2. The van der Waals surface area contributed by atoms with E-state index in [2.05, 4.69) is 27.7 Å². The molecule has 2 atom stereocenters. The van der Waals surface area contributed by atoms with Gasteiger partial charge in [-0.3, -0.25) is 9.59 Å². The second kappa shape index (κ2) is 19.7. The maximum Gasteiger partial charge on any atom is 0.508 e. The fraction of sp³-hybridized carbons (Fsp3) is 0.885. The minimum atomic E-state index is -0.813. The van der Waals surface area contributed by atoms with E-state index in [4.69, 9.17) is 18.9 Å². The molecule has 0 radical (unpaired) electrons. The van der Waals surface area contributed by atoms with Crippen LogP contribution in [0.1, 0.15) is 107 Å². The number of hydrogen-bond donors (Lipinski definition) is 0. The number of ether oxygens (including phenoxy) is 4. The summed E-state index contributed by atoms with van der Waals surface area (Å²) in [6.07, 6.45) is 4.00. The van der Waals surface area contributed by atoms with Gasteiger partial charge in [-0.25, -0.2) is 4.79 Å². The Morgan fingerprint density at radius 2 is 1.33 bits per heavy atom. The lowest BCUT2D eigenvalue weighted by Gasteiger charge is -2.38. The van der Waals surface area contributed by atoms with Crippen molar-refractivity contribution in [3.8, 4) is 0 Å². The zero-order valence-corrected chi connectivity index (χ0v) is 22.7. The molecule has 0 aromatic heterocycles. The molecule has 0 aromatic carbocycles. The molecule has 7 nitrogen and oxygen atoms in total. The van der Waals surface area contributed by atoms with Crippen LogP contribution in [0.4, 0.5) is 4.79 Å². The highest BCUT2D eigenvalue weighted by Gasteiger charge is 2.48. The Hall–Kier alpha value is -1.79. The van der Waals surface area contributed by atoms with Gasteiger partial charge in [-0.1, -0.05) is 54.4 Å². The van der Waals surface area contributed by atoms with E-state index in [0.29, 0.717) is 44.8 Å². The van der Waals surface area contributed by atoms with Crippen molar-refractivity contribution >= 4 is 18.1 Å². The number of hydrogen-bond acceptors (Lipinski definition) is 7. The van der Waals surface area contributed by atoms with Crippen molar-refractivity contribution in [1.29, 1.82) is 0 Å². The minimum absolute atomic E-state index is 0.0619. The highest BCUT2D eigenvalue weighted by atomic mass is 16.7. The Kier molecular flexibility index (Phi) is 19.9. The zero-order valence-electron chi connectivity index (χ0n) is 22.7. The summed E-state index contributed by atoms with van der Waals surface area (Å²) in [5.41, 5.74) is -0.813. The Morgan fingerprint density at radius 1 is 0.758 bits per heavy atom. The van der Waals surface area contributed by atoms with Crippen molar-refractivity contribution in [3.63, 3.8) is 0 Å². The summed E-state index contributed by atoms with van der Waals surface area (Å²) in [7, 11) is 0.